The molecular formula is C18H20N2O5S. The van der Waals surface area contributed by atoms with Crippen molar-refractivity contribution in [2.24, 2.45) is 4.99 Å². The summed E-state index contributed by atoms with van der Waals surface area (Å²) in [5, 5.41) is 0. The third-order valence-corrected chi connectivity index (χ3v) is 4.99. The molecule has 0 bridgehead atoms. The molecule has 138 valence electrons. The maximum atomic E-state index is 12.4. The summed E-state index contributed by atoms with van der Waals surface area (Å²) in [5.74, 6) is -0.529. The van der Waals surface area contributed by atoms with Crippen molar-refractivity contribution in [2.45, 2.75) is 26.3 Å². The van der Waals surface area contributed by atoms with Crippen LogP contribution in [-0.4, -0.2) is 36.8 Å². The Balaban J connectivity index is 2.10. The predicted octanol–water partition coefficient (Wildman–Crippen LogP) is 2.31. The van der Waals surface area contributed by atoms with Crippen molar-refractivity contribution in [3.8, 4) is 0 Å². The normalized spacial score (nSPS) is 14.8. The topological polar surface area (TPSA) is 79.1 Å². The van der Waals surface area contributed by atoms with Crippen molar-refractivity contribution in [1.82, 2.24) is 4.57 Å². The van der Waals surface area contributed by atoms with Crippen molar-refractivity contribution < 1.29 is 23.8 Å². The van der Waals surface area contributed by atoms with Crippen LogP contribution in [0.25, 0.3) is 10.2 Å². The van der Waals surface area contributed by atoms with E-state index in [0.29, 0.717) is 23.9 Å². The lowest BCUT2D eigenvalue weighted by Gasteiger charge is -2.12. The highest BCUT2D eigenvalue weighted by Crippen LogP contribution is 2.23. The summed E-state index contributed by atoms with van der Waals surface area (Å²) < 4.78 is 17.8. The minimum absolute atomic E-state index is 0.0277. The largest absolute Gasteiger partial charge is 0.494 e. The summed E-state index contributed by atoms with van der Waals surface area (Å²) in [6.45, 7) is 4.90. The van der Waals surface area contributed by atoms with E-state index in [1.54, 1.807) is 4.57 Å². The molecule has 0 fully saturated rings. The van der Waals surface area contributed by atoms with Gasteiger partial charge in [0.05, 0.1) is 17.3 Å². The average Bonchev–Trinajstić information content (AvgIpc) is 2.98. The number of nitrogens with zero attached hydrogens (tertiary/aromatic N) is 2. The van der Waals surface area contributed by atoms with Gasteiger partial charge in [-0.25, -0.2) is 0 Å². The lowest BCUT2D eigenvalue weighted by molar-refractivity contribution is -0.141. The first-order chi connectivity index (χ1) is 12.5. The fraction of sp³-hybridized carbons (Fsp3) is 0.389. The number of ether oxygens (including phenoxy) is 3. The van der Waals surface area contributed by atoms with Gasteiger partial charge in [-0.1, -0.05) is 31.3 Å². The monoisotopic (exact) mass is 376 g/mol. The highest BCUT2D eigenvalue weighted by molar-refractivity contribution is 7.16. The number of hydrogen-bond donors (Lipinski definition) is 0. The third-order valence-electron chi connectivity index (χ3n) is 3.95. The molecule has 0 radical (unpaired) electrons. The highest BCUT2D eigenvalue weighted by atomic mass is 32.1. The molecule has 0 saturated carbocycles. The number of fused-ring (bicyclic) bond motifs is 1. The third kappa shape index (κ3) is 3.80. The van der Waals surface area contributed by atoms with Crippen LogP contribution in [0, 0.1) is 0 Å². The molecule has 2 aromatic rings. The van der Waals surface area contributed by atoms with Gasteiger partial charge in [-0.2, -0.15) is 4.99 Å². The van der Waals surface area contributed by atoms with Gasteiger partial charge in [-0.05, 0) is 23.6 Å². The predicted molar refractivity (Wildman–Crippen MR) is 96.5 cm³/mol. The summed E-state index contributed by atoms with van der Waals surface area (Å²) in [6, 6.07) is 6.01. The van der Waals surface area contributed by atoms with Gasteiger partial charge in [0.1, 0.15) is 26.0 Å². The summed E-state index contributed by atoms with van der Waals surface area (Å²) in [4.78, 5) is 28.7. The van der Waals surface area contributed by atoms with Gasteiger partial charge in [-0.3, -0.25) is 9.59 Å². The van der Waals surface area contributed by atoms with Crippen molar-refractivity contribution in [3.05, 3.63) is 40.6 Å². The summed E-state index contributed by atoms with van der Waals surface area (Å²) in [7, 11) is 1.33. The van der Waals surface area contributed by atoms with Crippen LogP contribution in [0.3, 0.4) is 0 Å². The number of carbonyl (C=O) groups excluding carboxylic acids is 2. The van der Waals surface area contributed by atoms with Crippen molar-refractivity contribution in [2.75, 3.05) is 20.3 Å². The zero-order chi connectivity index (χ0) is 18.7. The van der Waals surface area contributed by atoms with E-state index in [1.165, 1.54) is 30.3 Å². The Morgan fingerprint density at radius 1 is 1.35 bits per heavy atom. The van der Waals surface area contributed by atoms with Gasteiger partial charge in [0, 0.05) is 0 Å². The number of benzene rings is 1. The molecule has 26 heavy (non-hydrogen) atoms. The van der Waals surface area contributed by atoms with Gasteiger partial charge >= 0.3 is 11.9 Å². The van der Waals surface area contributed by atoms with E-state index in [2.05, 4.69) is 24.9 Å². The first-order valence-corrected chi connectivity index (χ1v) is 9.05. The average molecular weight is 376 g/mol. The molecule has 2 heterocycles. The van der Waals surface area contributed by atoms with E-state index >= 15 is 0 Å². The second-order valence-electron chi connectivity index (χ2n) is 6.05. The fourth-order valence-electron chi connectivity index (χ4n) is 2.50. The van der Waals surface area contributed by atoms with Gasteiger partial charge in [-0.15, -0.1) is 0 Å². The summed E-state index contributed by atoms with van der Waals surface area (Å²) >= 11 is 1.34. The quantitative estimate of drug-likeness (QED) is 0.765. The van der Waals surface area contributed by atoms with E-state index in [1.807, 2.05) is 12.1 Å². The zero-order valence-electron chi connectivity index (χ0n) is 14.9. The number of thiazole rings is 1. The van der Waals surface area contributed by atoms with Crippen LogP contribution in [0.1, 0.15) is 25.3 Å². The van der Waals surface area contributed by atoms with Gasteiger partial charge < -0.3 is 18.8 Å². The molecule has 0 spiro atoms. The first-order valence-electron chi connectivity index (χ1n) is 8.23. The Hall–Kier alpha value is -2.61. The maximum absolute atomic E-state index is 12.4. The lowest BCUT2D eigenvalue weighted by atomic mass is 10.0. The van der Waals surface area contributed by atoms with Crippen LogP contribution in [0.4, 0.5) is 0 Å². The summed E-state index contributed by atoms with van der Waals surface area (Å²) in [5.41, 5.74) is 2.00. The van der Waals surface area contributed by atoms with E-state index in [9.17, 15) is 9.59 Å². The Morgan fingerprint density at radius 3 is 2.81 bits per heavy atom. The molecule has 0 aliphatic carbocycles. The van der Waals surface area contributed by atoms with Crippen molar-refractivity contribution >= 4 is 33.4 Å². The van der Waals surface area contributed by atoms with Crippen LogP contribution >= 0.6 is 11.3 Å². The van der Waals surface area contributed by atoms with Crippen molar-refractivity contribution in [1.29, 1.82) is 0 Å². The Bertz CT molecular complexity index is 939. The lowest BCUT2D eigenvalue weighted by Crippen LogP contribution is -2.23. The second-order valence-corrected chi connectivity index (χ2v) is 7.06. The highest BCUT2D eigenvalue weighted by Gasteiger charge is 2.17. The minimum Gasteiger partial charge on any atom is -0.494 e. The van der Waals surface area contributed by atoms with Crippen molar-refractivity contribution in [3.63, 3.8) is 0 Å². The van der Waals surface area contributed by atoms with Crippen LogP contribution in [0.5, 0.6) is 0 Å². The molecule has 1 aromatic carbocycles. The van der Waals surface area contributed by atoms with Crippen LogP contribution in [0.2, 0.25) is 0 Å². The number of methoxy groups -OCH3 is 1. The number of carbonyl (C=O) groups is 2. The molecule has 7 nitrogen and oxygen atoms in total. The number of aromatic nitrogens is 1. The van der Waals surface area contributed by atoms with Crippen LogP contribution in [-0.2, 0) is 30.3 Å². The van der Waals surface area contributed by atoms with Gasteiger partial charge in [0.25, 0.3) is 0 Å². The Labute approximate surface area is 154 Å². The smallest absolute Gasteiger partial charge is 0.325 e. The Morgan fingerprint density at radius 2 is 2.15 bits per heavy atom. The summed E-state index contributed by atoms with van der Waals surface area (Å²) in [6.07, 6.45) is 1.27. The zero-order valence-corrected chi connectivity index (χ0v) is 15.7. The fourth-order valence-corrected chi connectivity index (χ4v) is 3.58. The van der Waals surface area contributed by atoms with E-state index in [4.69, 9.17) is 14.2 Å². The number of rotatable bonds is 4. The number of hydrogen-bond acceptors (Lipinski definition) is 6. The van der Waals surface area contributed by atoms with E-state index in [-0.39, 0.29) is 12.3 Å². The minimum atomic E-state index is -0.543. The molecule has 0 unspecified atom stereocenters. The standard InChI is InChI=1S/C18H20N2O5S/c1-11(2)12-4-5-13-15(8-12)26-18(20(13)9-16(21)23-3)19-17(22)14-10-24-6-7-25-14/h4-5,8,10-11H,6-7,9H2,1-3H3. The van der Waals surface area contributed by atoms with E-state index in [0.717, 1.165) is 10.2 Å². The number of esters is 1. The van der Waals surface area contributed by atoms with Crippen LogP contribution in [0.15, 0.2) is 35.2 Å². The molecule has 3 rings (SSSR count). The molecule has 0 N–H and O–H groups in total. The first kappa shape index (κ1) is 18.2. The SMILES string of the molecule is COC(=O)Cn1c(=NC(=O)C2=COCCO2)sc2cc(C(C)C)ccc21. The molecule has 0 atom stereocenters. The molecule has 1 aromatic heterocycles. The molecule has 1 aliphatic rings. The van der Waals surface area contributed by atoms with Crippen LogP contribution < -0.4 is 4.80 Å². The molecule has 0 saturated heterocycles. The maximum Gasteiger partial charge on any atom is 0.325 e. The second kappa shape index (κ2) is 7.74. The molecule has 1 amide bonds. The molecule has 1 aliphatic heterocycles. The number of amides is 1. The Kier molecular flexibility index (Phi) is 5.41. The molecular weight excluding hydrogens is 356 g/mol. The van der Waals surface area contributed by atoms with Gasteiger partial charge in [0.2, 0.25) is 5.76 Å². The van der Waals surface area contributed by atoms with Gasteiger partial charge in [0.15, 0.2) is 4.80 Å². The van der Waals surface area contributed by atoms with E-state index < -0.39 is 11.9 Å². The molecule has 8 heteroatoms.